The summed E-state index contributed by atoms with van der Waals surface area (Å²) in [4.78, 5) is 4.45. The zero-order valence-corrected chi connectivity index (χ0v) is 10.8. The SMILES string of the molecule is Brc1cnc2c(ccn2Cc2ccccc2)c1. The first-order chi connectivity index (χ1) is 8.33. The van der Waals surface area contributed by atoms with Crippen molar-refractivity contribution in [1.82, 2.24) is 9.55 Å². The number of aromatic nitrogens is 2. The van der Waals surface area contributed by atoms with E-state index in [1.54, 1.807) is 0 Å². The molecule has 0 amide bonds. The van der Waals surface area contributed by atoms with E-state index < -0.39 is 0 Å². The summed E-state index contributed by atoms with van der Waals surface area (Å²) in [5.74, 6) is 0. The van der Waals surface area contributed by atoms with Gasteiger partial charge in [-0.05, 0) is 33.6 Å². The summed E-state index contributed by atoms with van der Waals surface area (Å²) >= 11 is 3.44. The Bertz CT molecular complexity index is 644. The molecule has 0 aliphatic heterocycles. The fourth-order valence-corrected chi connectivity index (χ4v) is 2.31. The topological polar surface area (TPSA) is 17.8 Å². The predicted octanol–water partition coefficient (Wildman–Crippen LogP) is 3.85. The normalized spacial score (nSPS) is 10.9. The van der Waals surface area contributed by atoms with Crippen molar-refractivity contribution < 1.29 is 0 Å². The molecule has 0 bridgehead atoms. The quantitative estimate of drug-likeness (QED) is 0.700. The fourth-order valence-electron chi connectivity index (χ4n) is 1.96. The molecule has 0 aliphatic carbocycles. The van der Waals surface area contributed by atoms with Crippen LogP contribution in [0.5, 0.6) is 0 Å². The highest BCUT2D eigenvalue weighted by molar-refractivity contribution is 9.10. The summed E-state index contributed by atoms with van der Waals surface area (Å²) in [6, 6.07) is 14.6. The lowest BCUT2D eigenvalue weighted by molar-refractivity contribution is 0.825. The number of rotatable bonds is 2. The minimum absolute atomic E-state index is 0.860. The number of hydrogen-bond donors (Lipinski definition) is 0. The molecule has 2 nitrogen and oxygen atoms in total. The van der Waals surface area contributed by atoms with Crippen molar-refractivity contribution >= 4 is 27.0 Å². The van der Waals surface area contributed by atoms with Crippen molar-refractivity contribution in [2.75, 3.05) is 0 Å². The van der Waals surface area contributed by atoms with Gasteiger partial charge in [0.25, 0.3) is 0 Å². The van der Waals surface area contributed by atoms with Crippen molar-refractivity contribution in [1.29, 1.82) is 0 Å². The Morgan fingerprint density at radius 3 is 2.76 bits per heavy atom. The van der Waals surface area contributed by atoms with Crippen LogP contribution in [0.3, 0.4) is 0 Å². The molecule has 0 spiro atoms. The van der Waals surface area contributed by atoms with Crippen LogP contribution in [-0.4, -0.2) is 9.55 Å². The Morgan fingerprint density at radius 1 is 1.12 bits per heavy atom. The molecule has 17 heavy (non-hydrogen) atoms. The highest BCUT2D eigenvalue weighted by Crippen LogP contribution is 2.19. The third-order valence-corrected chi connectivity index (χ3v) is 3.20. The molecule has 2 aromatic heterocycles. The summed E-state index contributed by atoms with van der Waals surface area (Å²) in [5, 5.41) is 1.16. The second kappa shape index (κ2) is 4.34. The molecule has 3 heteroatoms. The number of nitrogens with zero attached hydrogens (tertiary/aromatic N) is 2. The first kappa shape index (κ1) is 10.5. The minimum atomic E-state index is 0.860. The van der Waals surface area contributed by atoms with Gasteiger partial charge < -0.3 is 4.57 Å². The second-order valence-electron chi connectivity index (χ2n) is 4.00. The highest BCUT2D eigenvalue weighted by Gasteiger charge is 2.03. The van der Waals surface area contributed by atoms with E-state index in [9.17, 15) is 0 Å². The van der Waals surface area contributed by atoms with Crippen molar-refractivity contribution in [3.8, 4) is 0 Å². The first-order valence-corrected chi connectivity index (χ1v) is 6.26. The van der Waals surface area contributed by atoms with Crippen LogP contribution in [0, 0.1) is 0 Å². The minimum Gasteiger partial charge on any atom is -0.328 e. The third kappa shape index (κ3) is 2.11. The number of fused-ring (bicyclic) bond motifs is 1. The van der Waals surface area contributed by atoms with Gasteiger partial charge in [-0.3, -0.25) is 0 Å². The largest absolute Gasteiger partial charge is 0.328 e. The lowest BCUT2D eigenvalue weighted by atomic mass is 10.2. The van der Waals surface area contributed by atoms with E-state index in [1.807, 2.05) is 12.3 Å². The Morgan fingerprint density at radius 2 is 1.94 bits per heavy atom. The van der Waals surface area contributed by atoms with Crippen LogP contribution in [0.1, 0.15) is 5.56 Å². The van der Waals surface area contributed by atoms with Crippen LogP contribution in [0.2, 0.25) is 0 Å². The first-order valence-electron chi connectivity index (χ1n) is 5.47. The van der Waals surface area contributed by atoms with E-state index in [-0.39, 0.29) is 0 Å². The highest BCUT2D eigenvalue weighted by atomic mass is 79.9. The van der Waals surface area contributed by atoms with Crippen molar-refractivity contribution in [3.05, 3.63) is 64.9 Å². The number of benzene rings is 1. The predicted molar refractivity (Wildman–Crippen MR) is 73.0 cm³/mol. The Kier molecular flexibility index (Phi) is 2.69. The molecule has 84 valence electrons. The lowest BCUT2D eigenvalue weighted by Gasteiger charge is -2.04. The molecule has 0 unspecified atom stereocenters. The Balaban J connectivity index is 2.01. The number of halogens is 1. The van der Waals surface area contributed by atoms with E-state index in [0.29, 0.717) is 0 Å². The van der Waals surface area contributed by atoms with E-state index in [1.165, 1.54) is 5.56 Å². The van der Waals surface area contributed by atoms with Gasteiger partial charge >= 0.3 is 0 Å². The summed E-state index contributed by atoms with van der Waals surface area (Å²) in [7, 11) is 0. The molecule has 0 atom stereocenters. The zero-order valence-electron chi connectivity index (χ0n) is 9.18. The molecule has 2 heterocycles. The molecule has 3 aromatic rings. The van der Waals surface area contributed by atoms with Crippen molar-refractivity contribution in [2.24, 2.45) is 0 Å². The number of hydrogen-bond acceptors (Lipinski definition) is 1. The molecular formula is C14H11BrN2. The maximum Gasteiger partial charge on any atom is 0.140 e. The van der Waals surface area contributed by atoms with Crippen molar-refractivity contribution in [3.63, 3.8) is 0 Å². The molecular weight excluding hydrogens is 276 g/mol. The third-order valence-electron chi connectivity index (χ3n) is 2.76. The van der Waals surface area contributed by atoms with Gasteiger partial charge in [0.1, 0.15) is 5.65 Å². The summed E-state index contributed by atoms with van der Waals surface area (Å²) < 4.78 is 3.18. The lowest BCUT2D eigenvalue weighted by Crippen LogP contribution is -1.98. The zero-order chi connectivity index (χ0) is 11.7. The standard InChI is InChI=1S/C14H11BrN2/c15-13-8-12-6-7-17(14(12)16-9-13)10-11-4-2-1-3-5-11/h1-9H,10H2. The van der Waals surface area contributed by atoms with Gasteiger partial charge in [0.05, 0.1) is 0 Å². The van der Waals surface area contributed by atoms with E-state index in [0.717, 1.165) is 22.1 Å². The van der Waals surface area contributed by atoms with Crippen LogP contribution in [-0.2, 0) is 6.54 Å². The van der Waals surface area contributed by atoms with Gasteiger partial charge in [0.15, 0.2) is 0 Å². The summed E-state index contributed by atoms with van der Waals surface area (Å²) in [6.07, 6.45) is 3.92. The second-order valence-corrected chi connectivity index (χ2v) is 4.91. The average Bonchev–Trinajstić information content (AvgIpc) is 2.73. The smallest absolute Gasteiger partial charge is 0.140 e. The van der Waals surface area contributed by atoms with Gasteiger partial charge in [-0.25, -0.2) is 4.98 Å². The van der Waals surface area contributed by atoms with Crippen LogP contribution in [0.15, 0.2) is 59.3 Å². The van der Waals surface area contributed by atoms with E-state index in [2.05, 4.69) is 68.1 Å². The molecule has 0 radical (unpaired) electrons. The summed E-state index contributed by atoms with van der Waals surface area (Å²) in [5.41, 5.74) is 2.31. The van der Waals surface area contributed by atoms with Crippen LogP contribution < -0.4 is 0 Å². The van der Waals surface area contributed by atoms with Crippen LogP contribution in [0.4, 0.5) is 0 Å². The maximum absolute atomic E-state index is 4.45. The van der Waals surface area contributed by atoms with Gasteiger partial charge in [-0.15, -0.1) is 0 Å². The van der Waals surface area contributed by atoms with E-state index in [4.69, 9.17) is 0 Å². The maximum atomic E-state index is 4.45. The Hall–Kier alpha value is -1.61. The monoisotopic (exact) mass is 286 g/mol. The molecule has 0 N–H and O–H groups in total. The Labute approximate surface area is 108 Å². The van der Waals surface area contributed by atoms with E-state index >= 15 is 0 Å². The van der Waals surface area contributed by atoms with Gasteiger partial charge in [0, 0.05) is 28.8 Å². The number of pyridine rings is 1. The van der Waals surface area contributed by atoms with Crippen LogP contribution >= 0.6 is 15.9 Å². The van der Waals surface area contributed by atoms with Crippen molar-refractivity contribution in [2.45, 2.75) is 6.54 Å². The molecule has 3 rings (SSSR count). The molecule has 0 saturated heterocycles. The van der Waals surface area contributed by atoms with Gasteiger partial charge in [-0.2, -0.15) is 0 Å². The molecule has 0 fully saturated rings. The molecule has 0 saturated carbocycles. The summed E-state index contributed by atoms with van der Waals surface area (Å²) in [6.45, 7) is 0.860. The van der Waals surface area contributed by atoms with Crippen LogP contribution in [0.25, 0.3) is 11.0 Å². The fraction of sp³-hybridized carbons (Fsp3) is 0.0714. The molecule has 1 aromatic carbocycles. The van der Waals surface area contributed by atoms with Gasteiger partial charge in [-0.1, -0.05) is 30.3 Å². The van der Waals surface area contributed by atoms with Gasteiger partial charge in [0.2, 0.25) is 0 Å². The molecule has 0 aliphatic rings. The average molecular weight is 287 g/mol.